The number of hydrogen-bond donors (Lipinski definition) is 1. The van der Waals surface area contributed by atoms with Crippen LogP contribution in [0.2, 0.25) is 5.02 Å². The summed E-state index contributed by atoms with van der Waals surface area (Å²) in [5, 5.41) is 12.6. The summed E-state index contributed by atoms with van der Waals surface area (Å²) in [6, 6.07) is 13.3. The molecule has 3 aromatic rings. The van der Waals surface area contributed by atoms with E-state index in [1.807, 2.05) is 17.6 Å². The Kier molecular flexibility index (Phi) is 8.36. The molecule has 0 bridgehead atoms. The third-order valence-electron chi connectivity index (χ3n) is 4.69. The van der Waals surface area contributed by atoms with Gasteiger partial charge in [0.15, 0.2) is 11.0 Å². The number of allylic oxidation sites excluding steroid dienone is 1. The summed E-state index contributed by atoms with van der Waals surface area (Å²) in [6.07, 6.45) is 1.77. The van der Waals surface area contributed by atoms with E-state index in [-0.39, 0.29) is 18.3 Å². The van der Waals surface area contributed by atoms with Crippen LogP contribution >= 0.6 is 23.4 Å². The van der Waals surface area contributed by atoms with Crippen LogP contribution < -0.4 is 10.1 Å². The van der Waals surface area contributed by atoms with Crippen molar-refractivity contribution in [2.75, 3.05) is 11.1 Å². The van der Waals surface area contributed by atoms with Gasteiger partial charge in [-0.15, -0.1) is 16.8 Å². The van der Waals surface area contributed by atoms with Gasteiger partial charge >= 0.3 is 0 Å². The maximum absolute atomic E-state index is 12.3. The number of aromatic nitrogens is 3. The van der Waals surface area contributed by atoms with Crippen molar-refractivity contribution in [3.05, 3.63) is 77.1 Å². The van der Waals surface area contributed by atoms with Gasteiger partial charge in [-0.3, -0.25) is 9.36 Å². The first-order valence-corrected chi connectivity index (χ1v) is 11.7. The van der Waals surface area contributed by atoms with E-state index >= 15 is 0 Å². The first-order chi connectivity index (χ1) is 15.4. The van der Waals surface area contributed by atoms with Crippen molar-refractivity contribution in [3.63, 3.8) is 0 Å². The van der Waals surface area contributed by atoms with Crippen molar-refractivity contribution < 1.29 is 9.53 Å². The van der Waals surface area contributed by atoms with Gasteiger partial charge < -0.3 is 10.1 Å². The van der Waals surface area contributed by atoms with Crippen LogP contribution in [0.25, 0.3) is 0 Å². The Bertz CT molecular complexity index is 1100. The van der Waals surface area contributed by atoms with Gasteiger partial charge in [-0.1, -0.05) is 61.5 Å². The number of thioether (sulfide) groups is 1. The fourth-order valence-electron chi connectivity index (χ4n) is 3.12. The molecule has 2 aromatic carbocycles. The molecule has 0 fully saturated rings. The van der Waals surface area contributed by atoms with E-state index in [2.05, 4.69) is 48.1 Å². The summed E-state index contributed by atoms with van der Waals surface area (Å²) in [7, 11) is 0. The summed E-state index contributed by atoms with van der Waals surface area (Å²) in [5.41, 5.74) is 2.94. The average Bonchev–Trinajstić information content (AvgIpc) is 3.12. The molecule has 0 saturated heterocycles. The molecule has 1 aromatic heterocycles. The predicted molar refractivity (Wildman–Crippen MR) is 131 cm³/mol. The van der Waals surface area contributed by atoms with Crippen LogP contribution in [0.4, 0.5) is 5.69 Å². The molecule has 168 valence electrons. The summed E-state index contributed by atoms with van der Waals surface area (Å²) < 4.78 is 8.03. The van der Waals surface area contributed by atoms with Crippen molar-refractivity contribution in [1.29, 1.82) is 0 Å². The third-order valence-corrected chi connectivity index (χ3v) is 5.90. The Morgan fingerprint density at radius 2 is 2.09 bits per heavy atom. The SMILES string of the molecule is C=CCn1c(COc2cc(C)ccc2C(C)C)nnc1SCC(=O)Nc1cccc(Cl)c1. The van der Waals surface area contributed by atoms with Crippen LogP contribution in [0.3, 0.4) is 0 Å². The van der Waals surface area contributed by atoms with Crippen molar-refractivity contribution in [2.24, 2.45) is 0 Å². The zero-order chi connectivity index (χ0) is 23.1. The Balaban J connectivity index is 1.67. The number of hydrogen-bond acceptors (Lipinski definition) is 5. The molecule has 0 atom stereocenters. The Morgan fingerprint density at radius 3 is 2.81 bits per heavy atom. The van der Waals surface area contributed by atoms with Crippen molar-refractivity contribution in [1.82, 2.24) is 14.8 Å². The van der Waals surface area contributed by atoms with Crippen molar-refractivity contribution in [2.45, 2.75) is 45.0 Å². The number of benzene rings is 2. The van der Waals surface area contributed by atoms with Gasteiger partial charge in [-0.05, 0) is 48.2 Å². The highest BCUT2D eigenvalue weighted by atomic mass is 35.5. The predicted octanol–water partition coefficient (Wildman–Crippen LogP) is 5.86. The van der Waals surface area contributed by atoms with Crippen LogP contribution in [0.15, 0.2) is 60.3 Å². The van der Waals surface area contributed by atoms with E-state index in [1.165, 1.54) is 11.8 Å². The fourth-order valence-corrected chi connectivity index (χ4v) is 4.08. The zero-order valence-corrected chi connectivity index (χ0v) is 20.0. The molecule has 0 aliphatic rings. The third kappa shape index (κ3) is 6.37. The van der Waals surface area contributed by atoms with E-state index in [1.54, 1.807) is 30.3 Å². The highest BCUT2D eigenvalue weighted by Gasteiger charge is 2.16. The lowest BCUT2D eigenvalue weighted by atomic mass is 10.0. The van der Waals surface area contributed by atoms with E-state index in [4.69, 9.17) is 16.3 Å². The quantitative estimate of drug-likeness (QED) is 0.297. The molecule has 8 heteroatoms. The number of nitrogens with one attached hydrogen (secondary N) is 1. The number of aryl methyl sites for hydroxylation is 1. The summed E-state index contributed by atoms with van der Waals surface area (Å²) >= 11 is 7.28. The molecule has 6 nitrogen and oxygen atoms in total. The Labute approximate surface area is 198 Å². The number of carbonyl (C=O) groups excluding carboxylic acids is 1. The molecule has 32 heavy (non-hydrogen) atoms. The van der Waals surface area contributed by atoms with E-state index in [0.29, 0.717) is 34.2 Å². The normalized spacial score (nSPS) is 10.9. The lowest BCUT2D eigenvalue weighted by Gasteiger charge is -2.15. The minimum Gasteiger partial charge on any atom is -0.485 e. The molecule has 0 aliphatic carbocycles. The monoisotopic (exact) mass is 470 g/mol. The molecule has 0 aliphatic heterocycles. The zero-order valence-electron chi connectivity index (χ0n) is 18.5. The molecule has 1 N–H and O–H groups in total. The van der Waals surface area contributed by atoms with E-state index < -0.39 is 0 Å². The molecule has 0 spiro atoms. The second-order valence-electron chi connectivity index (χ2n) is 7.63. The number of ether oxygens (including phenoxy) is 1. The number of anilines is 1. The van der Waals surface area contributed by atoms with E-state index in [9.17, 15) is 4.79 Å². The molecule has 0 radical (unpaired) electrons. The topological polar surface area (TPSA) is 69.0 Å². The molecule has 0 unspecified atom stereocenters. The van der Waals surface area contributed by atoms with Gasteiger partial charge in [0, 0.05) is 17.3 Å². The lowest BCUT2D eigenvalue weighted by molar-refractivity contribution is -0.113. The van der Waals surface area contributed by atoms with E-state index in [0.717, 1.165) is 16.9 Å². The number of amides is 1. The minimum absolute atomic E-state index is 0.149. The highest BCUT2D eigenvalue weighted by Crippen LogP contribution is 2.28. The van der Waals surface area contributed by atoms with Gasteiger partial charge in [0.25, 0.3) is 0 Å². The van der Waals surface area contributed by atoms with Crippen LogP contribution in [0, 0.1) is 6.92 Å². The largest absolute Gasteiger partial charge is 0.485 e. The Morgan fingerprint density at radius 1 is 1.28 bits per heavy atom. The second kappa shape index (κ2) is 11.2. The van der Waals surface area contributed by atoms with Gasteiger partial charge in [0.1, 0.15) is 12.4 Å². The summed E-state index contributed by atoms with van der Waals surface area (Å²) in [6.45, 7) is 10.9. The molecule has 1 heterocycles. The van der Waals surface area contributed by atoms with Gasteiger partial charge in [0.2, 0.25) is 5.91 Å². The fraction of sp³-hybridized carbons (Fsp3) is 0.292. The van der Waals surface area contributed by atoms with Crippen molar-refractivity contribution >= 4 is 35.0 Å². The number of rotatable bonds is 10. The van der Waals surface area contributed by atoms with Crippen LogP contribution in [0.1, 0.15) is 36.7 Å². The molecular weight excluding hydrogens is 444 g/mol. The maximum atomic E-state index is 12.3. The molecular formula is C24H27ClN4O2S. The average molecular weight is 471 g/mol. The Hall–Kier alpha value is -2.77. The molecule has 1 amide bonds. The van der Waals surface area contributed by atoms with Gasteiger partial charge in [-0.25, -0.2) is 0 Å². The van der Waals surface area contributed by atoms with Crippen LogP contribution in [0.5, 0.6) is 5.75 Å². The van der Waals surface area contributed by atoms with Gasteiger partial charge in [0.05, 0.1) is 5.75 Å². The lowest BCUT2D eigenvalue weighted by Crippen LogP contribution is -2.15. The number of nitrogens with zero attached hydrogens (tertiary/aromatic N) is 3. The number of carbonyl (C=O) groups is 1. The van der Waals surface area contributed by atoms with Crippen molar-refractivity contribution in [3.8, 4) is 5.75 Å². The van der Waals surface area contributed by atoms with Gasteiger partial charge in [-0.2, -0.15) is 0 Å². The minimum atomic E-state index is -0.149. The summed E-state index contributed by atoms with van der Waals surface area (Å²) in [5.74, 6) is 1.92. The van der Waals surface area contributed by atoms with Crippen LogP contribution in [-0.4, -0.2) is 26.4 Å². The highest BCUT2D eigenvalue weighted by molar-refractivity contribution is 7.99. The molecule has 0 saturated carbocycles. The maximum Gasteiger partial charge on any atom is 0.234 e. The smallest absolute Gasteiger partial charge is 0.234 e. The number of halogens is 1. The molecule has 3 rings (SSSR count). The summed E-state index contributed by atoms with van der Waals surface area (Å²) in [4.78, 5) is 12.3. The van der Waals surface area contributed by atoms with Crippen LogP contribution in [-0.2, 0) is 17.9 Å². The first kappa shape index (κ1) is 23.9. The second-order valence-corrected chi connectivity index (χ2v) is 9.01. The standard InChI is InChI=1S/C24H27ClN4O2S/c1-5-11-29-22(14-31-21-12-17(4)9-10-20(21)16(2)3)27-28-24(29)32-15-23(30)26-19-8-6-7-18(25)13-19/h5-10,12-13,16H,1,11,14-15H2,2-4H3,(H,26,30). The first-order valence-electron chi connectivity index (χ1n) is 10.3.